The summed E-state index contributed by atoms with van der Waals surface area (Å²) in [5, 5.41) is 3.01. The molecule has 0 spiro atoms. The van der Waals surface area contributed by atoms with Crippen LogP contribution in [0.3, 0.4) is 0 Å². The molecule has 0 aliphatic heterocycles. The predicted molar refractivity (Wildman–Crippen MR) is 125 cm³/mol. The summed E-state index contributed by atoms with van der Waals surface area (Å²) in [4.78, 5) is 17.1. The second-order valence-electron chi connectivity index (χ2n) is 7.46. The van der Waals surface area contributed by atoms with E-state index in [9.17, 15) is 4.79 Å². The fourth-order valence-corrected chi connectivity index (χ4v) is 3.67. The predicted octanol–water partition coefficient (Wildman–Crippen LogP) is 4.03. The van der Waals surface area contributed by atoms with Crippen molar-refractivity contribution in [1.82, 2.24) is 14.9 Å². The number of imidazole rings is 1. The number of nitrogens with one attached hydrogen (secondary N) is 1. The zero-order valence-corrected chi connectivity index (χ0v) is 18.2. The van der Waals surface area contributed by atoms with Crippen molar-refractivity contribution in [1.29, 1.82) is 0 Å². The number of methoxy groups -OCH3 is 1. The fraction of sp³-hybridized carbons (Fsp3) is 0.231. The van der Waals surface area contributed by atoms with Crippen LogP contribution in [-0.4, -0.2) is 35.7 Å². The molecule has 6 heteroatoms. The minimum atomic E-state index is 0.0141. The Morgan fingerprint density at radius 1 is 0.969 bits per heavy atom. The van der Waals surface area contributed by atoms with Crippen molar-refractivity contribution in [2.75, 3.05) is 20.3 Å². The van der Waals surface area contributed by atoms with Gasteiger partial charge in [-0.1, -0.05) is 48.5 Å². The van der Waals surface area contributed by atoms with Crippen LogP contribution in [0.4, 0.5) is 0 Å². The minimum Gasteiger partial charge on any atom is -0.497 e. The highest BCUT2D eigenvalue weighted by Gasteiger charge is 2.11. The Hall–Kier alpha value is -3.80. The van der Waals surface area contributed by atoms with Crippen molar-refractivity contribution < 1.29 is 14.3 Å². The molecule has 0 saturated carbocycles. The Balaban J connectivity index is 1.38. The molecule has 32 heavy (non-hydrogen) atoms. The van der Waals surface area contributed by atoms with E-state index in [-0.39, 0.29) is 5.91 Å². The SMILES string of the molecule is COc1cccc(OCCn2c(CCNC(=O)Cc3ccccc3)nc3ccccc32)c1. The summed E-state index contributed by atoms with van der Waals surface area (Å²) in [6.45, 7) is 1.69. The van der Waals surface area contributed by atoms with Crippen LogP contribution in [0.5, 0.6) is 11.5 Å². The number of hydrogen-bond donors (Lipinski definition) is 1. The van der Waals surface area contributed by atoms with Crippen LogP contribution >= 0.6 is 0 Å². The number of aromatic nitrogens is 2. The molecule has 0 unspecified atom stereocenters. The lowest BCUT2D eigenvalue weighted by Gasteiger charge is -2.12. The molecule has 0 fully saturated rings. The van der Waals surface area contributed by atoms with E-state index >= 15 is 0 Å². The summed E-state index contributed by atoms with van der Waals surface area (Å²) in [7, 11) is 1.64. The maximum absolute atomic E-state index is 12.3. The molecular weight excluding hydrogens is 402 g/mol. The van der Waals surface area contributed by atoms with E-state index in [2.05, 4.69) is 16.0 Å². The van der Waals surface area contributed by atoms with Crippen molar-refractivity contribution in [3.63, 3.8) is 0 Å². The van der Waals surface area contributed by atoms with Crippen LogP contribution in [0.25, 0.3) is 11.0 Å². The third-order valence-corrected chi connectivity index (χ3v) is 5.24. The van der Waals surface area contributed by atoms with Crippen LogP contribution < -0.4 is 14.8 Å². The van der Waals surface area contributed by atoms with Crippen LogP contribution in [0.15, 0.2) is 78.9 Å². The molecule has 0 aliphatic rings. The average molecular weight is 430 g/mol. The molecule has 4 rings (SSSR count). The highest BCUT2D eigenvalue weighted by Crippen LogP contribution is 2.20. The smallest absolute Gasteiger partial charge is 0.224 e. The number of amides is 1. The zero-order chi connectivity index (χ0) is 22.2. The molecule has 0 radical (unpaired) electrons. The molecule has 1 amide bonds. The minimum absolute atomic E-state index is 0.0141. The first-order valence-corrected chi connectivity index (χ1v) is 10.7. The van der Waals surface area contributed by atoms with E-state index in [0.29, 0.717) is 32.5 Å². The quantitative estimate of drug-likeness (QED) is 0.413. The molecule has 3 aromatic carbocycles. The summed E-state index contributed by atoms with van der Waals surface area (Å²) in [5.41, 5.74) is 3.01. The van der Waals surface area contributed by atoms with Gasteiger partial charge in [-0.25, -0.2) is 4.98 Å². The standard InChI is InChI=1S/C26H27N3O3/c1-31-21-10-7-11-22(19-21)32-17-16-29-24-13-6-5-12-23(24)28-25(29)14-15-27-26(30)18-20-8-3-2-4-9-20/h2-13,19H,14-18H2,1H3,(H,27,30). The Kier molecular flexibility index (Phi) is 7.02. The van der Waals surface area contributed by atoms with Gasteiger partial charge in [-0.3, -0.25) is 4.79 Å². The van der Waals surface area contributed by atoms with Gasteiger partial charge in [-0.2, -0.15) is 0 Å². The van der Waals surface area contributed by atoms with Gasteiger partial charge in [0.15, 0.2) is 0 Å². The largest absolute Gasteiger partial charge is 0.497 e. The van der Waals surface area contributed by atoms with E-state index in [1.165, 1.54) is 0 Å². The fourth-order valence-electron chi connectivity index (χ4n) is 3.67. The monoisotopic (exact) mass is 429 g/mol. The van der Waals surface area contributed by atoms with E-state index in [1.807, 2.05) is 72.8 Å². The van der Waals surface area contributed by atoms with E-state index in [0.717, 1.165) is 33.9 Å². The lowest BCUT2D eigenvalue weighted by molar-refractivity contribution is -0.120. The summed E-state index contributed by atoms with van der Waals surface area (Å²) < 4.78 is 13.4. The Bertz CT molecular complexity index is 1170. The van der Waals surface area contributed by atoms with Crippen LogP contribution in [0.2, 0.25) is 0 Å². The van der Waals surface area contributed by atoms with E-state index < -0.39 is 0 Å². The lowest BCUT2D eigenvalue weighted by Crippen LogP contribution is -2.28. The van der Waals surface area contributed by atoms with Crippen molar-refractivity contribution in [3.05, 3.63) is 90.3 Å². The maximum atomic E-state index is 12.3. The first-order chi connectivity index (χ1) is 15.7. The zero-order valence-electron chi connectivity index (χ0n) is 18.2. The molecule has 1 N–H and O–H groups in total. The van der Waals surface area contributed by atoms with Crippen molar-refractivity contribution in [3.8, 4) is 11.5 Å². The third-order valence-electron chi connectivity index (χ3n) is 5.24. The summed E-state index contributed by atoms with van der Waals surface area (Å²) in [6.07, 6.45) is 1.03. The van der Waals surface area contributed by atoms with Gasteiger partial charge >= 0.3 is 0 Å². The maximum Gasteiger partial charge on any atom is 0.224 e. The summed E-state index contributed by atoms with van der Waals surface area (Å²) >= 11 is 0. The highest BCUT2D eigenvalue weighted by atomic mass is 16.5. The third kappa shape index (κ3) is 5.46. The Morgan fingerprint density at radius 3 is 2.59 bits per heavy atom. The topological polar surface area (TPSA) is 65.4 Å². The van der Waals surface area contributed by atoms with Gasteiger partial charge in [-0.15, -0.1) is 0 Å². The average Bonchev–Trinajstić information content (AvgIpc) is 3.17. The van der Waals surface area contributed by atoms with Crippen molar-refractivity contribution in [2.24, 2.45) is 0 Å². The molecule has 0 bridgehead atoms. The number of carbonyl (C=O) groups is 1. The van der Waals surface area contributed by atoms with Crippen molar-refractivity contribution in [2.45, 2.75) is 19.4 Å². The number of nitrogens with zero attached hydrogens (tertiary/aromatic N) is 2. The van der Waals surface area contributed by atoms with Crippen LogP contribution in [0, 0.1) is 0 Å². The van der Waals surface area contributed by atoms with Gasteiger partial charge in [-0.05, 0) is 29.8 Å². The number of hydrogen-bond acceptors (Lipinski definition) is 4. The van der Waals surface area contributed by atoms with E-state index in [1.54, 1.807) is 7.11 Å². The van der Waals surface area contributed by atoms with Crippen LogP contribution in [0.1, 0.15) is 11.4 Å². The number of carbonyl (C=O) groups excluding carboxylic acids is 1. The van der Waals surface area contributed by atoms with Gasteiger partial charge in [0, 0.05) is 19.0 Å². The first-order valence-electron chi connectivity index (χ1n) is 10.7. The lowest BCUT2D eigenvalue weighted by atomic mass is 10.1. The molecular formula is C26H27N3O3. The normalized spacial score (nSPS) is 10.8. The van der Waals surface area contributed by atoms with Gasteiger partial charge in [0.2, 0.25) is 5.91 Å². The molecule has 1 heterocycles. The van der Waals surface area contributed by atoms with Gasteiger partial charge < -0.3 is 19.4 Å². The molecule has 0 saturated heterocycles. The molecule has 6 nitrogen and oxygen atoms in total. The molecule has 4 aromatic rings. The van der Waals surface area contributed by atoms with Gasteiger partial charge in [0.1, 0.15) is 23.9 Å². The number of ether oxygens (including phenoxy) is 2. The van der Waals surface area contributed by atoms with E-state index in [4.69, 9.17) is 14.5 Å². The summed E-state index contributed by atoms with van der Waals surface area (Å²) in [5.74, 6) is 2.48. The molecule has 0 aliphatic carbocycles. The first kappa shape index (κ1) is 21.4. The van der Waals surface area contributed by atoms with Gasteiger partial charge in [0.05, 0.1) is 31.1 Å². The number of fused-ring (bicyclic) bond motifs is 1. The molecule has 164 valence electrons. The van der Waals surface area contributed by atoms with Crippen LogP contribution in [-0.2, 0) is 24.2 Å². The molecule has 0 atom stereocenters. The summed E-state index contributed by atoms with van der Waals surface area (Å²) in [6, 6.07) is 25.4. The second-order valence-corrected chi connectivity index (χ2v) is 7.46. The number of rotatable bonds is 10. The number of para-hydroxylation sites is 2. The Labute approximate surface area is 187 Å². The molecule has 1 aromatic heterocycles. The van der Waals surface area contributed by atoms with Gasteiger partial charge in [0.25, 0.3) is 0 Å². The van der Waals surface area contributed by atoms with Crippen molar-refractivity contribution >= 4 is 16.9 Å². The Morgan fingerprint density at radius 2 is 1.75 bits per heavy atom. The second kappa shape index (κ2) is 10.5. The number of benzene rings is 3. The highest BCUT2D eigenvalue weighted by molar-refractivity contribution is 5.78.